The van der Waals surface area contributed by atoms with Crippen molar-refractivity contribution < 1.29 is 0 Å². The van der Waals surface area contributed by atoms with Gasteiger partial charge in [-0.15, -0.1) is 0 Å². The van der Waals surface area contributed by atoms with Crippen LogP contribution in [0.3, 0.4) is 0 Å². The first-order valence-corrected chi connectivity index (χ1v) is 16.4. The molecular weight excluding hydrogens is 383 g/mol. The van der Waals surface area contributed by atoms with Crippen molar-refractivity contribution in [3.63, 3.8) is 0 Å². The number of halogens is 3. The average Bonchev–Trinajstić information content (AvgIpc) is 1.88. The van der Waals surface area contributed by atoms with Gasteiger partial charge in [-0.3, -0.25) is 0 Å². The van der Waals surface area contributed by atoms with E-state index in [1.807, 2.05) is 24.3 Å². The molecule has 0 spiro atoms. The third-order valence-corrected chi connectivity index (χ3v) is 9.25. The van der Waals surface area contributed by atoms with Crippen molar-refractivity contribution >= 4 is 51.6 Å². The molecular formula is C6H4Cl3Tl. The van der Waals surface area contributed by atoms with Gasteiger partial charge in [-0.25, -0.2) is 0 Å². The Hall–Kier alpha value is 1.01. The van der Waals surface area contributed by atoms with E-state index in [2.05, 4.69) is 0 Å². The third kappa shape index (κ3) is 2.57. The molecule has 0 bridgehead atoms. The summed E-state index contributed by atoms with van der Waals surface area (Å²) in [6, 6.07) is 7.42. The molecule has 0 radical (unpaired) electrons. The van der Waals surface area contributed by atoms with Crippen molar-refractivity contribution in [3.05, 3.63) is 29.3 Å². The standard InChI is InChI=1S/C6H4Cl.2ClH.Tl/c7-6-4-2-1-3-5-6;;;/h2-5H;2*1H;/q;;;+2/p-2. The maximum atomic E-state index is 5.80. The number of hydrogen-bond donors (Lipinski definition) is 0. The number of hydrogen-bond acceptors (Lipinski definition) is 0. The van der Waals surface area contributed by atoms with Crippen LogP contribution in [0.15, 0.2) is 24.3 Å². The summed E-state index contributed by atoms with van der Waals surface area (Å²) in [5.74, 6) is 0. The summed E-state index contributed by atoms with van der Waals surface area (Å²) in [6.07, 6.45) is 0. The van der Waals surface area contributed by atoms with Gasteiger partial charge < -0.3 is 0 Å². The van der Waals surface area contributed by atoms with Crippen LogP contribution in [0.5, 0.6) is 0 Å². The van der Waals surface area contributed by atoms with Crippen molar-refractivity contribution in [1.29, 1.82) is 0 Å². The second-order valence-corrected chi connectivity index (χ2v) is 16.8. The quantitative estimate of drug-likeness (QED) is 0.651. The SMILES string of the molecule is Clc1cc[c]([Tl]([Cl])[Cl])cc1. The summed E-state index contributed by atoms with van der Waals surface area (Å²) in [6.45, 7) is 0. The van der Waals surface area contributed by atoms with Crippen molar-refractivity contribution in [1.82, 2.24) is 0 Å². The molecule has 0 amide bonds. The van der Waals surface area contributed by atoms with E-state index in [1.54, 1.807) is 0 Å². The molecule has 0 saturated heterocycles. The fraction of sp³-hybridized carbons (Fsp3) is 0. The molecule has 0 atom stereocenters. The predicted molar refractivity (Wildman–Crippen MR) is 48.5 cm³/mol. The van der Waals surface area contributed by atoms with Gasteiger partial charge in [-0.05, 0) is 0 Å². The normalized spacial score (nSPS) is 9.50. The first-order valence-electron chi connectivity index (χ1n) is 2.74. The van der Waals surface area contributed by atoms with Gasteiger partial charge in [0.1, 0.15) is 0 Å². The van der Waals surface area contributed by atoms with Crippen molar-refractivity contribution in [3.8, 4) is 0 Å². The van der Waals surface area contributed by atoms with Crippen LogP contribution in [0, 0.1) is 0 Å². The van der Waals surface area contributed by atoms with E-state index in [9.17, 15) is 0 Å². The van der Waals surface area contributed by atoms with Crippen LogP contribution < -0.4 is 3.12 Å². The Kier molecular flexibility index (Phi) is 3.77. The summed E-state index contributed by atoms with van der Waals surface area (Å²) < 4.78 is 1.09. The van der Waals surface area contributed by atoms with Gasteiger partial charge in [0.25, 0.3) is 0 Å². The van der Waals surface area contributed by atoms with Crippen molar-refractivity contribution in [2.24, 2.45) is 0 Å². The molecule has 0 aliphatic heterocycles. The van der Waals surface area contributed by atoms with Gasteiger partial charge >= 0.3 is 80.9 Å². The van der Waals surface area contributed by atoms with Crippen LogP contribution in [0.2, 0.25) is 5.02 Å². The minimum atomic E-state index is -2.39. The molecule has 0 heterocycles. The fourth-order valence-corrected chi connectivity index (χ4v) is 5.17. The van der Waals surface area contributed by atoms with Crippen molar-refractivity contribution in [2.75, 3.05) is 0 Å². The van der Waals surface area contributed by atoms with E-state index >= 15 is 0 Å². The van der Waals surface area contributed by atoms with Gasteiger partial charge in [-0.1, -0.05) is 0 Å². The second kappa shape index (κ2) is 4.14. The van der Waals surface area contributed by atoms with E-state index in [0.717, 1.165) is 8.15 Å². The summed E-state index contributed by atoms with van der Waals surface area (Å²) in [4.78, 5) is 0. The number of benzene rings is 1. The molecule has 0 aliphatic carbocycles. The minimum absolute atomic E-state index is 0.728. The summed E-state index contributed by atoms with van der Waals surface area (Å²) >= 11 is 3.27. The van der Waals surface area contributed by atoms with Crippen LogP contribution in [0.4, 0.5) is 0 Å². The molecule has 4 heteroatoms. The molecule has 0 nitrogen and oxygen atoms in total. The molecule has 10 heavy (non-hydrogen) atoms. The van der Waals surface area contributed by atoms with E-state index < -0.39 is 20.3 Å². The monoisotopic (exact) mass is 386 g/mol. The summed E-state index contributed by atoms with van der Waals surface area (Å²) in [5.41, 5.74) is 0. The Morgan fingerprint density at radius 2 is 1.50 bits per heavy atom. The summed E-state index contributed by atoms with van der Waals surface area (Å²) in [7, 11) is 11.6. The van der Waals surface area contributed by atoms with Crippen LogP contribution in [-0.4, -0.2) is 20.3 Å². The van der Waals surface area contributed by atoms with Gasteiger partial charge in [-0.2, -0.15) is 0 Å². The Morgan fingerprint density at radius 3 is 1.90 bits per heavy atom. The zero-order chi connectivity index (χ0) is 7.56. The van der Waals surface area contributed by atoms with E-state index in [-0.39, 0.29) is 0 Å². The van der Waals surface area contributed by atoms with E-state index in [1.165, 1.54) is 0 Å². The van der Waals surface area contributed by atoms with Crippen LogP contribution in [-0.2, 0) is 0 Å². The van der Waals surface area contributed by atoms with Crippen LogP contribution >= 0.6 is 28.2 Å². The second-order valence-electron chi connectivity index (χ2n) is 1.85. The maximum absolute atomic E-state index is 5.80. The van der Waals surface area contributed by atoms with Crippen LogP contribution in [0.1, 0.15) is 0 Å². The molecule has 1 rings (SSSR count). The van der Waals surface area contributed by atoms with E-state index in [0.29, 0.717) is 0 Å². The third-order valence-electron chi connectivity index (χ3n) is 1.12. The Balaban J connectivity index is 2.89. The van der Waals surface area contributed by atoms with Gasteiger partial charge in [0, 0.05) is 0 Å². The Labute approximate surface area is 80.2 Å². The molecule has 52 valence electrons. The fourth-order valence-electron chi connectivity index (χ4n) is 0.608. The van der Waals surface area contributed by atoms with Gasteiger partial charge in [0.15, 0.2) is 0 Å². The number of rotatable bonds is 1. The summed E-state index contributed by atoms with van der Waals surface area (Å²) in [5, 5.41) is 0.728. The van der Waals surface area contributed by atoms with Gasteiger partial charge in [0.2, 0.25) is 0 Å². The molecule has 0 fully saturated rings. The molecule has 0 N–H and O–H groups in total. The first kappa shape index (κ1) is 9.10. The van der Waals surface area contributed by atoms with Crippen LogP contribution in [0.25, 0.3) is 0 Å². The zero-order valence-electron chi connectivity index (χ0n) is 5.02. The van der Waals surface area contributed by atoms with E-state index in [4.69, 9.17) is 28.2 Å². The van der Waals surface area contributed by atoms with Gasteiger partial charge in [0.05, 0.1) is 0 Å². The molecule has 1 aromatic carbocycles. The average molecular weight is 387 g/mol. The van der Waals surface area contributed by atoms with Crippen molar-refractivity contribution in [2.45, 2.75) is 0 Å². The Morgan fingerprint density at radius 1 is 1.00 bits per heavy atom. The predicted octanol–water partition coefficient (Wildman–Crippen LogP) is 2.51. The zero-order valence-corrected chi connectivity index (χ0v) is 11.8. The Bertz CT molecular complexity index is 207. The first-order chi connectivity index (χ1) is 4.70. The topological polar surface area (TPSA) is 0 Å². The molecule has 0 aromatic heterocycles. The molecule has 0 unspecified atom stereocenters. The molecule has 1 aromatic rings. The molecule has 0 saturated carbocycles. The molecule has 0 aliphatic rings.